The number of hydrogen-bond donors (Lipinski definition) is 1. The van der Waals surface area contributed by atoms with Gasteiger partial charge in [-0.05, 0) is 72.1 Å². The van der Waals surface area contributed by atoms with Gasteiger partial charge >= 0.3 is 5.97 Å². The van der Waals surface area contributed by atoms with Crippen LogP contribution in [0.25, 0.3) is 10.8 Å². The van der Waals surface area contributed by atoms with Gasteiger partial charge in [0.2, 0.25) is 5.91 Å². The Hall–Kier alpha value is -3.97. The zero-order valence-corrected chi connectivity index (χ0v) is 21.5. The highest BCUT2D eigenvalue weighted by molar-refractivity contribution is 9.10. The maximum absolute atomic E-state index is 12.5. The Morgan fingerprint density at radius 3 is 2.44 bits per heavy atom. The van der Waals surface area contributed by atoms with Crippen LogP contribution >= 0.6 is 15.9 Å². The van der Waals surface area contributed by atoms with Crippen molar-refractivity contribution in [1.82, 2.24) is 5.43 Å². The van der Waals surface area contributed by atoms with E-state index in [1.54, 1.807) is 30.3 Å². The van der Waals surface area contributed by atoms with Crippen molar-refractivity contribution in [3.63, 3.8) is 0 Å². The van der Waals surface area contributed by atoms with Crippen LogP contribution in [0.1, 0.15) is 34.0 Å². The number of benzene rings is 4. The number of nitrogens with one attached hydrogen (secondary N) is 1. The zero-order valence-electron chi connectivity index (χ0n) is 20.0. The summed E-state index contributed by atoms with van der Waals surface area (Å²) in [6, 6.07) is 24.0. The van der Waals surface area contributed by atoms with E-state index < -0.39 is 5.97 Å². The number of hydrogen-bond acceptors (Lipinski definition) is 5. The Balaban J connectivity index is 1.42. The van der Waals surface area contributed by atoms with Gasteiger partial charge in [-0.2, -0.15) is 5.10 Å². The lowest BCUT2D eigenvalue weighted by molar-refractivity contribution is -0.120. The van der Waals surface area contributed by atoms with E-state index in [1.165, 1.54) is 6.21 Å². The summed E-state index contributed by atoms with van der Waals surface area (Å²) < 4.78 is 12.2. The highest BCUT2D eigenvalue weighted by Gasteiger charge is 2.13. The third-order valence-corrected chi connectivity index (χ3v) is 6.16. The van der Waals surface area contributed by atoms with Crippen LogP contribution in [0.2, 0.25) is 0 Å². The number of fused-ring (bicyclic) bond motifs is 1. The van der Waals surface area contributed by atoms with Gasteiger partial charge in [0.15, 0.2) is 11.5 Å². The lowest BCUT2D eigenvalue weighted by atomic mass is 10.0. The molecule has 0 spiro atoms. The molecule has 0 radical (unpaired) electrons. The van der Waals surface area contributed by atoms with Gasteiger partial charge in [-0.3, -0.25) is 4.79 Å². The van der Waals surface area contributed by atoms with Crippen molar-refractivity contribution in [2.24, 2.45) is 5.10 Å². The van der Waals surface area contributed by atoms with Gasteiger partial charge in [-0.1, -0.05) is 64.0 Å². The molecule has 4 rings (SSSR count). The molecule has 0 unspecified atom stereocenters. The Labute approximate surface area is 218 Å². The average molecular weight is 545 g/mol. The van der Waals surface area contributed by atoms with Crippen molar-refractivity contribution >= 4 is 44.8 Å². The fourth-order valence-electron chi connectivity index (χ4n) is 3.68. The summed E-state index contributed by atoms with van der Waals surface area (Å²) in [7, 11) is 0. The van der Waals surface area contributed by atoms with Crippen molar-refractivity contribution in [3.8, 4) is 11.5 Å². The number of amides is 1. The van der Waals surface area contributed by atoms with Crippen LogP contribution in [0.15, 0.2) is 88.4 Å². The van der Waals surface area contributed by atoms with E-state index in [0.29, 0.717) is 29.2 Å². The molecule has 7 heteroatoms. The minimum absolute atomic E-state index is 0.198. The van der Waals surface area contributed by atoms with Crippen LogP contribution in [-0.2, 0) is 11.2 Å². The third-order valence-electron chi connectivity index (χ3n) is 5.47. The van der Waals surface area contributed by atoms with Crippen LogP contribution in [0.5, 0.6) is 11.5 Å². The third kappa shape index (κ3) is 6.17. The van der Waals surface area contributed by atoms with E-state index in [1.807, 2.05) is 62.4 Å². The summed E-state index contributed by atoms with van der Waals surface area (Å²) >= 11 is 3.55. The quantitative estimate of drug-likeness (QED) is 0.123. The van der Waals surface area contributed by atoms with E-state index in [0.717, 1.165) is 26.4 Å². The number of hydrazone groups is 1. The maximum Gasteiger partial charge on any atom is 0.343 e. The van der Waals surface area contributed by atoms with Crippen molar-refractivity contribution < 1.29 is 19.1 Å². The number of aryl methyl sites for hydroxylation is 1. The van der Waals surface area contributed by atoms with Crippen molar-refractivity contribution in [1.29, 1.82) is 0 Å². The van der Waals surface area contributed by atoms with E-state index in [9.17, 15) is 9.59 Å². The predicted octanol–water partition coefficient (Wildman–Crippen LogP) is 6.22. The Bertz CT molecular complexity index is 1430. The standard InChI is InChI=1S/C29H25BrN2O4/c1-3-35-27-16-20(10-15-26(27)36-29(34)21-11-8-19(2)9-12-21)18-31-32-28(33)17-22-13-14-25(30)24-7-5-4-6-23(22)24/h4-16,18H,3,17H2,1-2H3,(H,32,33). The maximum atomic E-state index is 12.5. The van der Waals surface area contributed by atoms with Crippen molar-refractivity contribution in [2.75, 3.05) is 6.61 Å². The van der Waals surface area contributed by atoms with Gasteiger partial charge in [0.25, 0.3) is 0 Å². The largest absolute Gasteiger partial charge is 0.490 e. The molecule has 6 nitrogen and oxygen atoms in total. The van der Waals surface area contributed by atoms with Gasteiger partial charge in [-0.15, -0.1) is 0 Å². The molecule has 0 aromatic heterocycles. The highest BCUT2D eigenvalue weighted by atomic mass is 79.9. The number of rotatable bonds is 8. The lowest BCUT2D eigenvalue weighted by Gasteiger charge is -2.11. The molecular weight excluding hydrogens is 520 g/mol. The normalized spacial score (nSPS) is 11.0. The molecule has 1 N–H and O–H groups in total. The molecule has 0 atom stereocenters. The summed E-state index contributed by atoms with van der Waals surface area (Å²) in [6.07, 6.45) is 1.72. The summed E-state index contributed by atoms with van der Waals surface area (Å²) in [5, 5.41) is 6.16. The number of carbonyl (C=O) groups excluding carboxylic acids is 2. The summed E-state index contributed by atoms with van der Waals surface area (Å²) in [4.78, 5) is 25.0. The number of carbonyl (C=O) groups is 2. The smallest absolute Gasteiger partial charge is 0.343 e. The van der Waals surface area contributed by atoms with Crippen molar-refractivity contribution in [3.05, 3.63) is 106 Å². The Morgan fingerprint density at radius 1 is 0.944 bits per heavy atom. The molecule has 182 valence electrons. The number of nitrogens with zero attached hydrogens (tertiary/aromatic N) is 1. The van der Waals surface area contributed by atoms with Gasteiger partial charge in [-0.25, -0.2) is 10.2 Å². The van der Waals surface area contributed by atoms with Crippen LogP contribution in [0.4, 0.5) is 0 Å². The monoisotopic (exact) mass is 544 g/mol. The molecule has 36 heavy (non-hydrogen) atoms. The second kappa shape index (κ2) is 11.6. The van der Waals surface area contributed by atoms with Gasteiger partial charge in [0, 0.05) is 4.47 Å². The molecule has 0 saturated carbocycles. The number of esters is 1. The number of halogens is 1. The van der Waals surface area contributed by atoms with E-state index >= 15 is 0 Å². The van der Waals surface area contributed by atoms with Crippen LogP contribution < -0.4 is 14.9 Å². The average Bonchev–Trinajstić information content (AvgIpc) is 2.88. The van der Waals surface area contributed by atoms with Crippen LogP contribution in [0.3, 0.4) is 0 Å². The predicted molar refractivity (Wildman–Crippen MR) is 145 cm³/mol. The molecule has 0 saturated heterocycles. The van der Waals surface area contributed by atoms with Gasteiger partial charge < -0.3 is 9.47 Å². The van der Waals surface area contributed by atoms with E-state index in [-0.39, 0.29) is 12.3 Å². The van der Waals surface area contributed by atoms with Crippen LogP contribution in [0, 0.1) is 6.92 Å². The topological polar surface area (TPSA) is 77.0 Å². The SMILES string of the molecule is CCOc1cc(C=NNC(=O)Cc2ccc(Br)c3ccccc23)ccc1OC(=O)c1ccc(C)cc1. The molecule has 1 amide bonds. The van der Waals surface area contributed by atoms with Crippen LogP contribution in [-0.4, -0.2) is 24.7 Å². The molecule has 4 aromatic rings. The molecule has 4 aromatic carbocycles. The fraction of sp³-hybridized carbons (Fsp3) is 0.138. The number of ether oxygens (including phenoxy) is 2. The molecule has 0 bridgehead atoms. The van der Waals surface area contributed by atoms with Gasteiger partial charge in [0.05, 0.1) is 24.8 Å². The molecule has 0 heterocycles. The second-order valence-corrected chi connectivity index (χ2v) is 8.97. The van der Waals surface area contributed by atoms with Gasteiger partial charge in [0.1, 0.15) is 0 Å². The minimum Gasteiger partial charge on any atom is -0.490 e. The first kappa shape index (κ1) is 25.1. The van der Waals surface area contributed by atoms with Crippen molar-refractivity contribution in [2.45, 2.75) is 20.3 Å². The second-order valence-electron chi connectivity index (χ2n) is 8.12. The summed E-state index contributed by atoms with van der Waals surface area (Å²) in [6.45, 7) is 4.19. The Morgan fingerprint density at radius 2 is 1.69 bits per heavy atom. The molecule has 0 aliphatic heterocycles. The molecule has 0 aliphatic rings. The van der Waals surface area contributed by atoms with E-state index in [4.69, 9.17) is 9.47 Å². The Kier molecular flexibility index (Phi) is 8.13. The zero-order chi connectivity index (χ0) is 25.5. The summed E-state index contributed by atoms with van der Waals surface area (Å²) in [5.41, 5.74) is 5.69. The lowest BCUT2D eigenvalue weighted by Crippen LogP contribution is -2.20. The first-order valence-corrected chi connectivity index (χ1v) is 12.3. The van der Waals surface area contributed by atoms with E-state index in [2.05, 4.69) is 26.5 Å². The first-order chi connectivity index (χ1) is 17.4. The first-order valence-electron chi connectivity index (χ1n) is 11.5. The molecular formula is C29H25BrN2O4. The summed E-state index contributed by atoms with van der Waals surface area (Å²) in [5.74, 6) is 0.0257. The minimum atomic E-state index is -0.468. The highest BCUT2D eigenvalue weighted by Crippen LogP contribution is 2.29. The fourth-order valence-corrected chi connectivity index (χ4v) is 4.15. The molecule has 0 fully saturated rings. The molecule has 0 aliphatic carbocycles.